The van der Waals surface area contributed by atoms with Crippen molar-refractivity contribution in [3.8, 4) is 0 Å². The van der Waals surface area contributed by atoms with E-state index in [0.717, 1.165) is 5.56 Å². The lowest BCUT2D eigenvalue weighted by molar-refractivity contribution is -0.782. The summed E-state index contributed by atoms with van der Waals surface area (Å²) in [5.41, 5.74) is 2.03. The van der Waals surface area contributed by atoms with Crippen LogP contribution in [0.25, 0.3) is 11.0 Å². The van der Waals surface area contributed by atoms with Crippen molar-refractivity contribution >= 4 is 27.0 Å². The Morgan fingerprint density at radius 1 is 1.58 bits per heavy atom. The minimum atomic E-state index is 0.404. The summed E-state index contributed by atoms with van der Waals surface area (Å²) in [6.45, 7) is 0. The number of nitrogens with zero attached hydrogens (tertiary/aromatic N) is 2. The Bertz CT molecular complexity index is 413. The van der Waals surface area contributed by atoms with E-state index in [2.05, 4.69) is 25.7 Å². The van der Waals surface area contributed by atoms with Gasteiger partial charge in [-0.2, -0.15) is 0 Å². The van der Waals surface area contributed by atoms with Gasteiger partial charge in [0.15, 0.2) is 0 Å². The minimum Gasteiger partial charge on any atom is -0.359 e. The molecule has 62 valence electrons. The standard InChI is InChI=1S/C7H5BrN2O2/c8-4-5-2-1-3-6-7(5)9-12-10(6)11/h1-3H,4H2. The molecule has 2 aromatic rings. The van der Waals surface area contributed by atoms with Crippen molar-refractivity contribution in [2.45, 2.75) is 5.33 Å². The number of rotatable bonds is 1. The molecule has 0 unspecified atom stereocenters. The highest BCUT2D eigenvalue weighted by atomic mass is 79.9. The number of halogens is 1. The Balaban J connectivity index is 2.81. The van der Waals surface area contributed by atoms with Gasteiger partial charge < -0.3 is 5.21 Å². The Morgan fingerprint density at radius 3 is 3.17 bits per heavy atom. The second kappa shape index (κ2) is 2.75. The van der Waals surface area contributed by atoms with Crippen LogP contribution in [0.3, 0.4) is 0 Å². The fraction of sp³-hybridized carbons (Fsp3) is 0.143. The lowest BCUT2D eigenvalue weighted by atomic mass is 10.2. The molecular formula is C7H5BrN2O2. The molecule has 4 nitrogen and oxygen atoms in total. The molecule has 1 aromatic carbocycles. The largest absolute Gasteiger partial charge is 0.359 e. The molecule has 0 amide bonds. The average molecular weight is 229 g/mol. The maximum absolute atomic E-state index is 10.9. The maximum atomic E-state index is 10.9. The van der Waals surface area contributed by atoms with E-state index >= 15 is 0 Å². The molecule has 0 aliphatic rings. The zero-order valence-corrected chi connectivity index (χ0v) is 7.61. The van der Waals surface area contributed by atoms with Crippen LogP contribution in [-0.2, 0) is 5.33 Å². The first-order valence-electron chi connectivity index (χ1n) is 3.36. The molecule has 0 radical (unpaired) electrons. The van der Waals surface area contributed by atoms with Crippen LogP contribution in [0.15, 0.2) is 22.8 Å². The van der Waals surface area contributed by atoms with Crippen LogP contribution in [-0.4, -0.2) is 5.16 Å². The quantitative estimate of drug-likeness (QED) is 0.547. The SMILES string of the molecule is [O-][n+]1onc2c(CBr)cccc21. The monoisotopic (exact) mass is 228 g/mol. The summed E-state index contributed by atoms with van der Waals surface area (Å²) in [7, 11) is 0. The molecule has 5 heteroatoms. The molecule has 0 saturated heterocycles. The number of hydrogen-bond acceptors (Lipinski definition) is 3. The summed E-state index contributed by atoms with van der Waals surface area (Å²) >= 11 is 3.29. The Morgan fingerprint density at radius 2 is 2.42 bits per heavy atom. The second-order valence-corrected chi connectivity index (χ2v) is 2.91. The average Bonchev–Trinajstić information content (AvgIpc) is 2.48. The van der Waals surface area contributed by atoms with Crippen LogP contribution in [0.5, 0.6) is 0 Å². The van der Waals surface area contributed by atoms with Crippen LogP contribution in [0.2, 0.25) is 0 Å². The summed E-state index contributed by atoms with van der Waals surface area (Å²) in [4.78, 5) is 0.404. The van der Waals surface area contributed by atoms with Gasteiger partial charge in [-0.25, -0.2) is 0 Å². The second-order valence-electron chi connectivity index (χ2n) is 2.35. The van der Waals surface area contributed by atoms with Crippen LogP contribution < -0.4 is 4.90 Å². The third-order valence-corrected chi connectivity index (χ3v) is 2.25. The molecule has 1 aromatic heterocycles. The van der Waals surface area contributed by atoms with E-state index in [4.69, 9.17) is 0 Å². The van der Waals surface area contributed by atoms with Gasteiger partial charge in [-0.1, -0.05) is 28.1 Å². The minimum absolute atomic E-state index is 0.404. The van der Waals surface area contributed by atoms with E-state index in [1.165, 1.54) is 0 Å². The molecule has 2 rings (SSSR count). The number of fused-ring (bicyclic) bond motifs is 1. The highest BCUT2D eigenvalue weighted by molar-refractivity contribution is 9.08. The van der Waals surface area contributed by atoms with Gasteiger partial charge in [0.1, 0.15) is 0 Å². The van der Waals surface area contributed by atoms with E-state index < -0.39 is 0 Å². The van der Waals surface area contributed by atoms with Gasteiger partial charge in [0.05, 0.1) is 0 Å². The molecule has 0 N–H and O–H groups in total. The molecule has 0 aliphatic carbocycles. The van der Waals surface area contributed by atoms with E-state index in [9.17, 15) is 5.21 Å². The molecule has 0 atom stereocenters. The van der Waals surface area contributed by atoms with Gasteiger partial charge >= 0.3 is 0 Å². The smallest absolute Gasteiger partial charge is 0.252 e. The van der Waals surface area contributed by atoms with Crippen molar-refractivity contribution in [1.29, 1.82) is 0 Å². The summed E-state index contributed by atoms with van der Waals surface area (Å²) in [6, 6.07) is 5.36. The van der Waals surface area contributed by atoms with Crippen LogP contribution in [0.4, 0.5) is 0 Å². The molecule has 0 aliphatic heterocycles. The Hall–Kier alpha value is -1.10. The van der Waals surface area contributed by atoms with Crippen molar-refractivity contribution in [3.63, 3.8) is 0 Å². The zero-order valence-electron chi connectivity index (χ0n) is 6.03. The summed E-state index contributed by atoms with van der Waals surface area (Å²) in [6.07, 6.45) is 0. The van der Waals surface area contributed by atoms with Crippen molar-refractivity contribution in [2.24, 2.45) is 0 Å². The highest BCUT2D eigenvalue weighted by Crippen LogP contribution is 2.15. The molecule has 0 fully saturated rings. The summed E-state index contributed by atoms with van der Waals surface area (Å²) < 4.78 is 4.45. The van der Waals surface area contributed by atoms with Crippen LogP contribution in [0.1, 0.15) is 5.56 Å². The number of hydrogen-bond donors (Lipinski definition) is 0. The van der Waals surface area contributed by atoms with Gasteiger partial charge in [0, 0.05) is 16.1 Å². The zero-order chi connectivity index (χ0) is 8.55. The number of aromatic nitrogens is 2. The van der Waals surface area contributed by atoms with Gasteiger partial charge in [-0.3, -0.25) is 4.63 Å². The molecule has 0 spiro atoms. The van der Waals surface area contributed by atoms with E-state index in [1.807, 2.05) is 6.07 Å². The van der Waals surface area contributed by atoms with Crippen molar-refractivity contribution < 1.29 is 9.53 Å². The topological polar surface area (TPSA) is 53.0 Å². The third-order valence-electron chi connectivity index (χ3n) is 1.65. The van der Waals surface area contributed by atoms with E-state index in [-0.39, 0.29) is 0 Å². The van der Waals surface area contributed by atoms with E-state index in [1.54, 1.807) is 12.1 Å². The van der Waals surface area contributed by atoms with Gasteiger partial charge in [0.2, 0.25) is 5.52 Å². The molecule has 1 heterocycles. The summed E-state index contributed by atoms with van der Waals surface area (Å²) in [5.74, 6) is 0. The molecule has 0 bridgehead atoms. The van der Waals surface area contributed by atoms with Gasteiger partial charge in [0.25, 0.3) is 5.52 Å². The first-order valence-corrected chi connectivity index (χ1v) is 4.48. The lowest BCUT2D eigenvalue weighted by Gasteiger charge is -1.89. The summed E-state index contributed by atoms with van der Waals surface area (Å²) in [5, 5.41) is 15.2. The van der Waals surface area contributed by atoms with Crippen molar-refractivity contribution in [2.75, 3.05) is 0 Å². The normalized spacial score (nSPS) is 10.8. The Labute approximate surface area is 76.4 Å². The van der Waals surface area contributed by atoms with Gasteiger partial charge in [-0.15, -0.1) is 0 Å². The first-order chi connectivity index (χ1) is 5.83. The highest BCUT2D eigenvalue weighted by Gasteiger charge is 2.11. The fourth-order valence-electron chi connectivity index (χ4n) is 1.06. The molecular weight excluding hydrogens is 224 g/mol. The fourth-order valence-corrected chi connectivity index (χ4v) is 1.51. The van der Waals surface area contributed by atoms with E-state index in [0.29, 0.717) is 21.3 Å². The number of alkyl halides is 1. The third kappa shape index (κ3) is 0.972. The van der Waals surface area contributed by atoms with Gasteiger partial charge in [-0.05, 0) is 11.0 Å². The maximum Gasteiger partial charge on any atom is 0.252 e. The molecule has 0 saturated carbocycles. The van der Waals surface area contributed by atoms with Crippen molar-refractivity contribution in [1.82, 2.24) is 5.16 Å². The first kappa shape index (κ1) is 7.54. The number of benzene rings is 1. The molecule has 12 heavy (non-hydrogen) atoms. The van der Waals surface area contributed by atoms with Crippen LogP contribution >= 0.6 is 15.9 Å². The van der Waals surface area contributed by atoms with Crippen molar-refractivity contribution in [3.05, 3.63) is 29.0 Å². The predicted molar refractivity (Wildman–Crippen MR) is 45.6 cm³/mol. The Kier molecular flexibility index (Phi) is 1.73. The lowest BCUT2D eigenvalue weighted by Crippen LogP contribution is -2.22. The van der Waals surface area contributed by atoms with Crippen LogP contribution in [0, 0.1) is 5.21 Å². The predicted octanol–water partition coefficient (Wildman–Crippen LogP) is 1.36.